The first-order chi connectivity index (χ1) is 9.00. The molecule has 4 nitrogen and oxygen atoms in total. The van der Waals surface area contributed by atoms with Crippen LogP contribution >= 0.6 is 23.2 Å². The molecule has 1 rings (SSSR count). The van der Waals surface area contributed by atoms with E-state index in [2.05, 4.69) is 10.6 Å². The lowest BCUT2D eigenvalue weighted by atomic mass is 10.3. The van der Waals surface area contributed by atoms with E-state index in [0.717, 1.165) is 12.2 Å². The van der Waals surface area contributed by atoms with Crippen molar-refractivity contribution in [2.45, 2.75) is 6.42 Å². The molecule has 0 unspecified atom stereocenters. The van der Waals surface area contributed by atoms with Gasteiger partial charge in [-0.05, 0) is 26.2 Å². The van der Waals surface area contributed by atoms with Crippen LogP contribution < -0.4 is 10.6 Å². The van der Waals surface area contributed by atoms with Crippen LogP contribution in [0.15, 0.2) is 18.2 Å². The van der Waals surface area contributed by atoms with Gasteiger partial charge in [-0.2, -0.15) is 0 Å². The van der Waals surface area contributed by atoms with Gasteiger partial charge in [0.25, 0.3) is 0 Å². The molecule has 0 spiro atoms. The molecular formula is C13H19Cl2N3O. The highest BCUT2D eigenvalue weighted by atomic mass is 35.5. The molecular weight excluding hydrogens is 285 g/mol. The molecule has 0 radical (unpaired) electrons. The fraction of sp³-hybridized carbons (Fsp3) is 0.462. The molecule has 1 aromatic carbocycles. The third kappa shape index (κ3) is 6.14. The fourth-order valence-corrected chi connectivity index (χ4v) is 1.83. The summed E-state index contributed by atoms with van der Waals surface area (Å²) in [5.41, 5.74) is 0.746. The minimum atomic E-state index is 0.0208. The maximum Gasteiger partial charge on any atom is 0.221 e. The summed E-state index contributed by atoms with van der Waals surface area (Å²) < 4.78 is 0. The van der Waals surface area contributed by atoms with Crippen LogP contribution in [-0.2, 0) is 4.79 Å². The Balaban J connectivity index is 2.26. The standard InChI is InChI=1S/C13H19Cl2N3O/c1-18(2)9-8-17-12(19)6-7-16-11-5-3-4-10(14)13(11)15/h3-5,16H,6-9H2,1-2H3,(H,17,19). The SMILES string of the molecule is CN(C)CCNC(=O)CCNc1cccc(Cl)c1Cl. The zero-order chi connectivity index (χ0) is 14.3. The molecule has 0 fully saturated rings. The van der Waals surface area contributed by atoms with Crippen LogP contribution in [0.2, 0.25) is 10.0 Å². The molecule has 2 N–H and O–H groups in total. The smallest absolute Gasteiger partial charge is 0.221 e. The number of hydrogen-bond acceptors (Lipinski definition) is 3. The van der Waals surface area contributed by atoms with Crippen LogP contribution in [0.4, 0.5) is 5.69 Å². The highest BCUT2D eigenvalue weighted by Gasteiger charge is 2.05. The summed E-state index contributed by atoms with van der Waals surface area (Å²) >= 11 is 11.9. The van der Waals surface area contributed by atoms with Crippen LogP contribution in [0.1, 0.15) is 6.42 Å². The Labute approximate surface area is 124 Å². The second-order valence-electron chi connectivity index (χ2n) is 4.43. The van der Waals surface area contributed by atoms with Crippen LogP contribution in [0.25, 0.3) is 0 Å². The molecule has 0 bridgehead atoms. The first-order valence-corrected chi connectivity index (χ1v) is 6.85. The van der Waals surface area contributed by atoms with E-state index < -0.39 is 0 Å². The molecule has 0 aliphatic rings. The topological polar surface area (TPSA) is 44.4 Å². The minimum absolute atomic E-state index is 0.0208. The normalized spacial score (nSPS) is 10.6. The first kappa shape index (κ1) is 16.1. The van der Waals surface area contributed by atoms with E-state index in [4.69, 9.17) is 23.2 Å². The van der Waals surface area contributed by atoms with Crippen LogP contribution in [-0.4, -0.2) is 44.5 Å². The third-order valence-corrected chi connectivity index (χ3v) is 3.32. The predicted molar refractivity (Wildman–Crippen MR) is 81.1 cm³/mol. The summed E-state index contributed by atoms with van der Waals surface area (Å²) in [6.45, 7) is 2.01. The van der Waals surface area contributed by atoms with Gasteiger partial charge in [-0.25, -0.2) is 0 Å². The summed E-state index contributed by atoms with van der Waals surface area (Å²) in [5.74, 6) is 0.0208. The number of benzene rings is 1. The minimum Gasteiger partial charge on any atom is -0.383 e. The van der Waals surface area contributed by atoms with Gasteiger partial charge >= 0.3 is 0 Å². The lowest BCUT2D eigenvalue weighted by Gasteiger charge is -2.11. The zero-order valence-corrected chi connectivity index (χ0v) is 12.7. The highest BCUT2D eigenvalue weighted by molar-refractivity contribution is 6.43. The number of rotatable bonds is 7. The van der Waals surface area contributed by atoms with E-state index in [9.17, 15) is 4.79 Å². The van der Waals surface area contributed by atoms with Crippen molar-refractivity contribution in [3.8, 4) is 0 Å². The molecule has 0 aliphatic carbocycles. The second-order valence-corrected chi connectivity index (χ2v) is 5.22. The number of halogens is 2. The summed E-state index contributed by atoms with van der Waals surface area (Å²) in [4.78, 5) is 13.6. The van der Waals surface area contributed by atoms with Crippen LogP contribution in [0, 0.1) is 0 Å². The Morgan fingerprint density at radius 1 is 1.26 bits per heavy atom. The molecule has 19 heavy (non-hydrogen) atoms. The van der Waals surface area contributed by atoms with Gasteiger partial charge in [0.05, 0.1) is 15.7 Å². The van der Waals surface area contributed by atoms with Crippen molar-refractivity contribution in [3.05, 3.63) is 28.2 Å². The van der Waals surface area contributed by atoms with E-state index in [-0.39, 0.29) is 5.91 Å². The zero-order valence-electron chi connectivity index (χ0n) is 11.2. The average molecular weight is 304 g/mol. The molecule has 106 valence electrons. The van der Waals surface area contributed by atoms with Crippen molar-refractivity contribution in [2.24, 2.45) is 0 Å². The Morgan fingerprint density at radius 3 is 2.68 bits per heavy atom. The number of hydrogen-bond donors (Lipinski definition) is 2. The number of carbonyl (C=O) groups excluding carboxylic acids is 1. The van der Waals surface area contributed by atoms with Gasteiger partial charge in [-0.15, -0.1) is 0 Å². The quantitative estimate of drug-likeness (QED) is 0.813. The van der Waals surface area contributed by atoms with Crippen molar-refractivity contribution in [1.29, 1.82) is 0 Å². The first-order valence-electron chi connectivity index (χ1n) is 6.10. The van der Waals surface area contributed by atoms with Crippen molar-refractivity contribution in [3.63, 3.8) is 0 Å². The summed E-state index contributed by atoms with van der Waals surface area (Å²) in [6, 6.07) is 5.37. The molecule has 1 aromatic rings. The van der Waals surface area contributed by atoms with E-state index in [1.54, 1.807) is 6.07 Å². The highest BCUT2D eigenvalue weighted by Crippen LogP contribution is 2.29. The van der Waals surface area contributed by atoms with E-state index in [1.165, 1.54) is 0 Å². The molecule has 0 atom stereocenters. The lowest BCUT2D eigenvalue weighted by Crippen LogP contribution is -2.32. The molecule has 0 aromatic heterocycles. The van der Waals surface area contributed by atoms with Gasteiger partial charge in [-0.1, -0.05) is 29.3 Å². The molecule has 0 heterocycles. The van der Waals surface area contributed by atoms with Gasteiger partial charge in [0, 0.05) is 26.1 Å². The molecule has 0 saturated heterocycles. The molecule has 6 heteroatoms. The third-order valence-electron chi connectivity index (χ3n) is 2.50. The summed E-state index contributed by atoms with van der Waals surface area (Å²) in [7, 11) is 3.93. The predicted octanol–water partition coefficient (Wildman–Crippen LogP) is 2.47. The maximum atomic E-state index is 11.5. The van der Waals surface area contributed by atoms with Crippen LogP contribution in [0.3, 0.4) is 0 Å². The van der Waals surface area contributed by atoms with Gasteiger partial charge in [0.1, 0.15) is 0 Å². The molecule has 1 amide bonds. The average Bonchev–Trinajstić information content (AvgIpc) is 2.34. The van der Waals surface area contributed by atoms with Crippen molar-refractivity contribution in [2.75, 3.05) is 39.0 Å². The Kier molecular flexibility index (Phi) is 6.99. The number of likely N-dealkylation sites (N-methyl/N-ethyl adjacent to an activating group) is 1. The molecule has 0 aliphatic heterocycles. The summed E-state index contributed by atoms with van der Waals surface area (Å²) in [6.07, 6.45) is 0.399. The Morgan fingerprint density at radius 2 is 2.00 bits per heavy atom. The number of amides is 1. The van der Waals surface area contributed by atoms with Crippen molar-refractivity contribution >= 4 is 34.8 Å². The number of carbonyl (C=O) groups is 1. The summed E-state index contributed by atoms with van der Waals surface area (Å²) in [5, 5.41) is 6.93. The number of nitrogens with one attached hydrogen (secondary N) is 2. The largest absolute Gasteiger partial charge is 0.383 e. The van der Waals surface area contributed by atoms with Gasteiger partial charge in [0.2, 0.25) is 5.91 Å². The fourth-order valence-electron chi connectivity index (χ4n) is 1.46. The number of anilines is 1. The van der Waals surface area contributed by atoms with Crippen molar-refractivity contribution < 1.29 is 4.79 Å². The van der Waals surface area contributed by atoms with E-state index in [0.29, 0.717) is 29.6 Å². The van der Waals surface area contributed by atoms with Gasteiger partial charge < -0.3 is 15.5 Å². The van der Waals surface area contributed by atoms with Crippen molar-refractivity contribution in [1.82, 2.24) is 10.2 Å². The second kappa shape index (κ2) is 8.25. The maximum absolute atomic E-state index is 11.5. The van der Waals surface area contributed by atoms with Gasteiger partial charge in [-0.3, -0.25) is 4.79 Å². The van der Waals surface area contributed by atoms with Crippen LogP contribution in [0.5, 0.6) is 0 Å². The molecule has 0 saturated carbocycles. The Bertz CT molecular complexity index is 424. The van der Waals surface area contributed by atoms with E-state index >= 15 is 0 Å². The number of nitrogens with zero attached hydrogens (tertiary/aromatic N) is 1. The monoisotopic (exact) mass is 303 g/mol. The van der Waals surface area contributed by atoms with E-state index in [1.807, 2.05) is 31.1 Å². The Hall–Kier alpha value is -0.970. The van der Waals surface area contributed by atoms with Gasteiger partial charge in [0.15, 0.2) is 0 Å². The lowest BCUT2D eigenvalue weighted by molar-refractivity contribution is -0.120.